The fraction of sp³-hybridized carbons (Fsp3) is 0.429. The van der Waals surface area contributed by atoms with Gasteiger partial charge in [-0.3, -0.25) is 0 Å². The number of urea groups is 1. The lowest BCUT2D eigenvalue weighted by Crippen LogP contribution is -2.40. The van der Waals surface area contributed by atoms with Crippen LogP contribution in [0.5, 0.6) is 0 Å². The number of hydrogen-bond acceptors (Lipinski definition) is 2. The summed E-state index contributed by atoms with van der Waals surface area (Å²) >= 11 is 0. The van der Waals surface area contributed by atoms with Gasteiger partial charge in [-0.05, 0) is 6.42 Å². The Balaban J connectivity index is 2.65. The Morgan fingerprint density at radius 1 is 1.58 bits per heavy atom. The number of nitrogens with two attached hydrogens (primary N) is 1. The van der Waals surface area contributed by atoms with Gasteiger partial charge in [0.15, 0.2) is 0 Å². The van der Waals surface area contributed by atoms with Gasteiger partial charge >= 0.3 is 12.0 Å². The number of amides is 2. The highest BCUT2D eigenvalue weighted by atomic mass is 16.4. The molecule has 0 fully saturated rings. The minimum Gasteiger partial charge on any atom is -0.478 e. The first kappa shape index (κ1) is 8.58. The highest BCUT2D eigenvalue weighted by Gasteiger charge is 2.19. The van der Waals surface area contributed by atoms with Crippen LogP contribution in [0.2, 0.25) is 0 Å². The molecular weight excluding hydrogens is 160 g/mol. The molecular formula is C7H10N2O3. The van der Waals surface area contributed by atoms with E-state index in [9.17, 15) is 9.59 Å². The molecule has 0 saturated heterocycles. The molecule has 1 heterocycles. The Labute approximate surface area is 69.5 Å². The van der Waals surface area contributed by atoms with Gasteiger partial charge in [0.1, 0.15) is 0 Å². The van der Waals surface area contributed by atoms with E-state index in [4.69, 9.17) is 10.8 Å². The van der Waals surface area contributed by atoms with Crippen molar-refractivity contribution in [3.63, 3.8) is 0 Å². The van der Waals surface area contributed by atoms with E-state index in [1.807, 2.05) is 0 Å². The molecule has 0 aliphatic carbocycles. The van der Waals surface area contributed by atoms with E-state index >= 15 is 0 Å². The zero-order valence-electron chi connectivity index (χ0n) is 6.49. The summed E-state index contributed by atoms with van der Waals surface area (Å²) in [5, 5.41) is 8.59. The Kier molecular flexibility index (Phi) is 2.32. The quantitative estimate of drug-likeness (QED) is 0.570. The molecule has 0 aromatic carbocycles. The lowest BCUT2D eigenvalue weighted by molar-refractivity contribution is -0.132. The summed E-state index contributed by atoms with van der Waals surface area (Å²) in [6, 6.07) is -0.568. The first-order chi connectivity index (χ1) is 5.61. The second-order valence-corrected chi connectivity index (χ2v) is 2.58. The Morgan fingerprint density at radius 2 is 2.25 bits per heavy atom. The third-order valence-electron chi connectivity index (χ3n) is 1.74. The van der Waals surface area contributed by atoms with E-state index in [0.29, 0.717) is 13.0 Å². The van der Waals surface area contributed by atoms with Crippen molar-refractivity contribution >= 4 is 12.0 Å². The van der Waals surface area contributed by atoms with Crippen molar-refractivity contribution in [2.75, 3.05) is 13.1 Å². The van der Waals surface area contributed by atoms with Gasteiger partial charge in [0, 0.05) is 6.54 Å². The standard InChI is InChI=1S/C7H10N2O3/c8-7(12)9-3-1-2-5(4-9)6(10)11/h2H,1,3-4H2,(H2,8,12)(H,10,11). The Hall–Kier alpha value is -1.52. The van der Waals surface area contributed by atoms with Crippen LogP contribution in [0.15, 0.2) is 11.6 Å². The zero-order valence-corrected chi connectivity index (χ0v) is 6.49. The molecule has 3 N–H and O–H groups in total. The van der Waals surface area contributed by atoms with Crippen LogP contribution in [0.25, 0.3) is 0 Å². The van der Waals surface area contributed by atoms with E-state index in [1.54, 1.807) is 6.08 Å². The lowest BCUT2D eigenvalue weighted by atomic mass is 10.1. The summed E-state index contributed by atoms with van der Waals surface area (Å²) in [6.45, 7) is 0.622. The van der Waals surface area contributed by atoms with Gasteiger partial charge in [-0.1, -0.05) is 6.08 Å². The molecule has 1 aliphatic heterocycles. The first-order valence-corrected chi connectivity index (χ1v) is 3.58. The van der Waals surface area contributed by atoms with Gasteiger partial charge in [0.05, 0.1) is 12.1 Å². The average molecular weight is 170 g/mol. The van der Waals surface area contributed by atoms with Crippen molar-refractivity contribution in [1.82, 2.24) is 4.90 Å². The number of carbonyl (C=O) groups is 2. The largest absolute Gasteiger partial charge is 0.478 e. The fourth-order valence-electron chi connectivity index (χ4n) is 1.09. The van der Waals surface area contributed by atoms with Crippen LogP contribution in [0.4, 0.5) is 4.79 Å². The monoisotopic (exact) mass is 170 g/mol. The van der Waals surface area contributed by atoms with E-state index in [0.717, 1.165) is 0 Å². The number of nitrogens with zero attached hydrogens (tertiary/aromatic N) is 1. The van der Waals surface area contributed by atoms with Crippen molar-refractivity contribution in [2.24, 2.45) is 5.73 Å². The van der Waals surface area contributed by atoms with Crippen LogP contribution in [0.3, 0.4) is 0 Å². The van der Waals surface area contributed by atoms with Crippen molar-refractivity contribution in [3.8, 4) is 0 Å². The van der Waals surface area contributed by atoms with E-state index in [1.165, 1.54) is 4.90 Å². The molecule has 0 bridgehead atoms. The number of carboxylic acid groups (broad SMARTS) is 1. The third kappa shape index (κ3) is 1.75. The van der Waals surface area contributed by atoms with Crippen molar-refractivity contribution in [1.29, 1.82) is 0 Å². The maximum atomic E-state index is 10.7. The molecule has 0 radical (unpaired) electrons. The molecule has 0 spiro atoms. The molecule has 0 aromatic rings. The van der Waals surface area contributed by atoms with Gasteiger partial charge in [-0.15, -0.1) is 0 Å². The number of primary amides is 1. The zero-order chi connectivity index (χ0) is 9.14. The molecule has 0 aromatic heterocycles. The predicted octanol–water partition coefficient (Wildman–Crippen LogP) is -0.218. The number of hydrogen-bond donors (Lipinski definition) is 2. The first-order valence-electron chi connectivity index (χ1n) is 3.58. The second kappa shape index (κ2) is 3.25. The van der Waals surface area contributed by atoms with Crippen molar-refractivity contribution < 1.29 is 14.7 Å². The van der Waals surface area contributed by atoms with Gasteiger partial charge in [0.25, 0.3) is 0 Å². The number of rotatable bonds is 1. The third-order valence-corrected chi connectivity index (χ3v) is 1.74. The highest BCUT2D eigenvalue weighted by molar-refractivity contribution is 5.88. The van der Waals surface area contributed by atoms with Gasteiger partial charge in [-0.25, -0.2) is 9.59 Å². The molecule has 0 atom stereocenters. The molecule has 5 nitrogen and oxygen atoms in total. The molecule has 1 rings (SSSR count). The van der Waals surface area contributed by atoms with Crippen LogP contribution in [0.1, 0.15) is 6.42 Å². The molecule has 2 amide bonds. The van der Waals surface area contributed by atoms with Gasteiger partial charge < -0.3 is 15.7 Å². The van der Waals surface area contributed by atoms with E-state index < -0.39 is 12.0 Å². The summed E-state index contributed by atoms with van der Waals surface area (Å²) in [6.07, 6.45) is 2.17. The summed E-state index contributed by atoms with van der Waals surface area (Å²) in [5.74, 6) is -0.985. The molecule has 0 saturated carbocycles. The van der Waals surface area contributed by atoms with E-state index in [2.05, 4.69) is 0 Å². The van der Waals surface area contributed by atoms with E-state index in [-0.39, 0.29) is 12.1 Å². The lowest BCUT2D eigenvalue weighted by Gasteiger charge is -2.23. The smallest absolute Gasteiger partial charge is 0.333 e. The highest BCUT2D eigenvalue weighted by Crippen LogP contribution is 2.08. The molecule has 5 heteroatoms. The van der Waals surface area contributed by atoms with Crippen molar-refractivity contribution in [2.45, 2.75) is 6.42 Å². The maximum absolute atomic E-state index is 10.7. The van der Waals surface area contributed by atoms with Crippen LogP contribution in [0, 0.1) is 0 Å². The van der Waals surface area contributed by atoms with Crippen LogP contribution < -0.4 is 5.73 Å². The van der Waals surface area contributed by atoms with Crippen LogP contribution >= 0.6 is 0 Å². The van der Waals surface area contributed by atoms with Crippen LogP contribution in [-0.2, 0) is 4.79 Å². The normalized spacial score (nSPS) is 17.0. The molecule has 0 unspecified atom stereocenters. The molecule has 12 heavy (non-hydrogen) atoms. The molecule has 66 valence electrons. The Morgan fingerprint density at radius 3 is 2.75 bits per heavy atom. The number of carboxylic acids is 1. The van der Waals surface area contributed by atoms with Crippen molar-refractivity contribution in [3.05, 3.63) is 11.6 Å². The summed E-state index contributed by atoms with van der Waals surface area (Å²) in [5.41, 5.74) is 5.23. The number of aliphatic carboxylic acids is 1. The SMILES string of the molecule is NC(=O)N1CCC=C(C(=O)O)C1. The topological polar surface area (TPSA) is 83.6 Å². The second-order valence-electron chi connectivity index (χ2n) is 2.58. The van der Waals surface area contributed by atoms with Gasteiger partial charge in [0.2, 0.25) is 0 Å². The Bertz CT molecular complexity index is 247. The predicted molar refractivity (Wildman–Crippen MR) is 41.5 cm³/mol. The maximum Gasteiger partial charge on any atom is 0.333 e. The average Bonchev–Trinajstić information content (AvgIpc) is 2.04. The summed E-state index contributed by atoms with van der Waals surface area (Å²) < 4.78 is 0. The summed E-state index contributed by atoms with van der Waals surface area (Å²) in [4.78, 5) is 22.4. The minimum atomic E-state index is -0.985. The van der Waals surface area contributed by atoms with Crippen LogP contribution in [-0.4, -0.2) is 35.1 Å². The molecule has 1 aliphatic rings. The minimum absolute atomic E-state index is 0.116. The number of carbonyl (C=O) groups excluding carboxylic acids is 1. The fourth-order valence-corrected chi connectivity index (χ4v) is 1.09. The summed E-state index contributed by atoms with van der Waals surface area (Å²) in [7, 11) is 0. The van der Waals surface area contributed by atoms with Gasteiger partial charge in [-0.2, -0.15) is 0 Å².